The molecular formula is C16H11F2N3O3. The first-order valence-electron chi connectivity index (χ1n) is 6.89. The number of amides is 1. The van der Waals surface area contributed by atoms with Crippen LogP contribution in [0.1, 0.15) is 10.5 Å². The van der Waals surface area contributed by atoms with Gasteiger partial charge in [-0.1, -0.05) is 30.3 Å². The molecule has 3 rings (SSSR count). The Hall–Kier alpha value is -3.29. The van der Waals surface area contributed by atoms with Crippen molar-refractivity contribution in [2.75, 3.05) is 5.32 Å². The zero-order valence-corrected chi connectivity index (χ0v) is 12.1. The van der Waals surface area contributed by atoms with E-state index < -0.39 is 18.1 Å². The number of nitrogens with zero attached hydrogens (tertiary/aromatic N) is 1. The van der Waals surface area contributed by atoms with Crippen molar-refractivity contribution in [1.82, 2.24) is 10.2 Å². The van der Waals surface area contributed by atoms with Crippen LogP contribution in [0.5, 0.6) is 5.75 Å². The highest BCUT2D eigenvalue weighted by molar-refractivity contribution is 6.11. The molecule has 0 radical (unpaired) electrons. The Morgan fingerprint density at radius 1 is 1.08 bits per heavy atom. The number of alkyl halides is 2. The van der Waals surface area contributed by atoms with Gasteiger partial charge in [-0.3, -0.25) is 9.59 Å². The van der Waals surface area contributed by atoms with Crippen LogP contribution in [-0.4, -0.2) is 22.7 Å². The molecule has 0 atom stereocenters. The normalized spacial score (nSPS) is 10.8. The molecule has 0 saturated heterocycles. The molecule has 0 aliphatic rings. The predicted octanol–water partition coefficient (Wildman–Crippen LogP) is 2.78. The van der Waals surface area contributed by atoms with Crippen LogP contribution in [0.3, 0.4) is 0 Å². The Labute approximate surface area is 134 Å². The van der Waals surface area contributed by atoms with Crippen molar-refractivity contribution in [3.63, 3.8) is 0 Å². The maximum Gasteiger partial charge on any atom is 0.387 e. The third-order valence-corrected chi connectivity index (χ3v) is 3.26. The molecule has 0 saturated carbocycles. The van der Waals surface area contributed by atoms with E-state index in [9.17, 15) is 18.4 Å². The number of anilines is 1. The molecular weight excluding hydrogens is 320 g/mol. The van der Waals surface area contributed by atoms with Gasteiger partial charge in [0.1, 0.15) is 5.75 Å². The number of para-hydroxylation sites is 2. The number of hydrogen-bond acceptors (Lipinski definition) is 4. The van der Waals surface area contributed by atoms with Gasteiger partial charge in [0.15, 0.2) is 5.69 Å². The maximum absolute atomic E-state index is 12.4. The highest BCUT2D eigenvalue weighted by Crippen LogP contribution is 2.26. The number of aromatic amines is 1. The van der Waals surface area contributed by atoms with Crippen LogP contribution < -0.4 is 15.6 Å². The summed E-state index contributed by atoms with van der Waals surface area (Å²) < 4.78 is 29.2. The molecule has 0 aliphatic heterocycles. The van der Waals surface area contributed by atoms with Gasteiger partial charge in [-0.25, -0.2) is 5.10 Å². The number of ether oxygens (including phenoxy) is 1. The van der Waals surface area contributed by atoms with E-state index in [2.05, 4.69) is 20.3 Å². The molecule has 24 heavy (non-hydrogen) atoms. The highest BCUT2D eigenvalue weighted by atomic mass is 19.3. The van der Waals surface area contributed by atoms with E-state index in [1.807, 2.05) is 0 Å². The van der Waals surface area contributed by atoms with Gasteiger partial charge < -0.3 is 10.1 Å². The molecule has 0 fully saturated rings. The summed E-state index contributed by atoms with van der Waals surface area (Å²) in [6.07, 6.45) is 0. The summed E-state index contributed by atoms with van der Waals surface area (Å²) in [5, 5.41) is 9.11. The van der Waals surface area contributed by atoms with E-state index in [4.69, 9.17) is 0 Å². The SMILES string of the molecule is O=C(Nc1ccccc1OC(F)F)c1n[nH]c(=O)c2ccccc12. The molecule has 0 spiro atoms. The number of carbonyl (C=O) groups excluding carboxylic acids is 1. The first-order chi connectivity index (χ1) is 11.6. The third kappa shape index (κ3) is 3.07. The molecule has 3 aromatic rings. The van der Waals surface area contributed by atoms with Gasteiger partial charge in [-0.15, -0.1) is 0 Å². The van der Waals surface area contributed by atoms with Gasteiger partial charge >= 0.3 is 6.61 Å². The van der Waals surface area contributed by atoms with Gasteiger partial charge in [-0.2, -0.15) is 13.9 Å². The number of rotatable bonds is 4. The fourth-order valence-electron chi connectivity index (χ4n) is 2.24. The van der Waals surface area contributed by atoms with Crippen molar-refractivity contribution in [1.29, 1.82) is 0 Å². The third-order valence-electron chi connectivity index (χ3n) is 3.26. The molecule has 6 nitrogen and oxygen atoms in total. The van der Waals surface area contributed by atoms with Crippen molar-refractivity contribution in [2.24, 2.45) is 0 Å². The second-order valence-electron chi connectivity index (χ2n) is 4.78. The van der Waals surface area contributed by atoms with Crippen molar-refractivity contribution in [3.05, 3.63) is 64.6 Å². The molecule has 0 aliphatic carbocycles. The minimum absolute atomic E-state index is 0.0305. The number of H-pyrrole nitrogens is 1. The number of benzene rings is 2. The summed E-state index contributed by atoms with van der Waals surface area (Å²) in [5.74, 6) is -0.831. The van der Waals surface area contributed by atoms with Gasteiger partial charge in [0, 0.05) is 5.39 Å². The Kier molecular flexibility index (Phi) is 4.19. The lowest BCUT2D eigenvalue weighted by Gasteiger charge is -2.11. The summed E-state index contributed by atoms with van der Waals surface area (Å²) in [6.45, 7) is -3.02. The van der Waals surface area contributed by atoms with E-state index in [1.54, 1.807) is 30.3 Å². The van der Waals surface area contributed by atoms with Gasteiger partial charge in [0.2, 0.25) is 0 Å². The van der Waals surface area contributed by atoms with E-state index >= 15 is 0 Å². The molecule has 2 N–H and O–H groups in total. The largest absolute Gasteiger partial charge is 0.433 e. The molecule has 8 heteroatoms. The first kappa shape index (κ1) is 15.6. The predicted molar refractivity (Wildman–Crippen MR) is 83.4 cm³/mol. The summed E-state index contributed by atoms with van der Waals surface area (Å²) in [6, 6.07) is 12.2. The fraction of sp³-hybridized carbons (Fsp3) is 0.0625. The number of halogens is 2. The standard InChI is InChI=1S/C16H11F2N3O3/c17-16(18)24-12-8-4-3-7-11(12)19-15(23)13-9-5-1-2-6-10(9)14(22)21-20-13/h1-8,16H,(H,19,23)(H,21,22). The van der Waals surface area contributed by atoms with Gasteiger partial charge in [-0.05, 0) is 18.2 Å². The lowest BCUT2D eigenvalue weighted by Crippen LogP contribution is -2.19. The van der Waals surface area contributed by atoms with Gasteiger partial charge in [0.05, 0.1) is 11.1 Å². The van der Waals surface area contributed by atoms with Crippen molar-refractivity contribution in [2.45, 2.75) is 6.61 Å². The topological polar surface area (TPSA) is 84.1 Å². The maximum atomic E-state index is 12.4. The van der Waals surface area contributed by atoms with Crippen LogP contribution in [0.4, 0.5) is 14.5 Å². The summed E-state index contributed by atoms with van der Waals surface area (Å²) in [7, 11) is 0. The Bertz CT molecular complexity index is 956. The number of carbonyl (C=O) groups is 1. The van der Waals surface area contributed by atoms with E-state index in [-0.39, 0.29) is 17.1 Å². The lowest BCUT2D eigenvalue weighted by atomic mass is 10.1. The lowest BCUT2D eigenvalue weighted by molar-refractivity contribution is -0.0493. The number of aromatic nitrogens is 2. The molecule has 0 unspecified atom stereocenters. The molecule has 122 valence electrons. The number of nitrogens with one attached hydrogen (secondary N) is 2. The van der Waals surface area contributed by atoms with E-state index in [0.717, 1.165) is 0 Å². The van der Waals surface area contributed by atoms with Crippen LogP contribution in [-0.2, 0) is 0 Å². The summed E-state index contributed by atoms with van der Waals surface area (Å²) in [5.41, 5.74) is -0.388. The van der Waals surface area contributed by atoms with Crippen LogP contribution in [0.2, 0.25) is 0 Å². The van der Waals surface area contributed by atoms with Gasteiger partial charge in [0.25, 0.3) is 11.5 Å². The van der Waals surface area contributed by atoms with Crippen LogP contribution in [0, 0.1) is 0 Å². The fourth-order valence-corrected chi connectivity index (χ4v) is 2.24. The molecule has 2 aromatic carbocycles. The van der Waals surface area contributed by atoms with E-state index in [0.29, 0.717) is 10.8 Å². The zero-order chi connectivity index (χ0) is 17.1. The van der Waals surface area contributed by atoms with Crippen molar-refractivity contribution < 1.29 is 18.3 Å². The van der Waals surface area contributed by atoms with Crippen LogP contribution in [0.15, 0.2) is 53.3 Å². The minimum Gasteiger partial charge on any atom is -0.433 e. The summed E-state index contributed by atoms with van der Waals surface area (Å²) >= 11 is 0. The Morgan fingerprint density at radius 3 is 2.50 bits per heavy atom. The second-order valence-corrected chi connectivity index (χ2v) is 4.78. The molecule has 1 amide bonds. The zero-order valence-electron chi connectivity index (χ0n) is 12.1. The molecule has 1 aromatic heterocycles. The average molecular weight is 331 g/mol. The van der Waals surface area contributed by atoms with Crippen molar-refractivity contribution >= 4 is 22.4 Å². The quantitative estimate of drug-likeness (QED) is 0.770. The Balaban J connectivity index is 1.97. The number of fused-ring (bicyclic) bond motifs is 1. The smallest absolute Gasteiger partial charge is 0.387 e. The molecule has 0 bridgehead atoms. The first-order valence-corrected chi connectivity index (χ1v) is 6.89. The van der Waals surface area contributed by atoms with Crippen LogP contribution in [0.25, 0.3) is 10.8 Å². The van der Waals surface area contributed by atoms with E-state index in [1.165, 1.54) is 18.2 Å². The van der Waals surface area contributed by atoms with Crippen LogP contribution >= 0.6 is 0 Å². The molecule has 1 heterocycles. The van der Waals surface area contributed by atoms with Crippen molar-refractivity contribution in [3.8, 4) is 5.75 Å². The number of hydrogen-bond donors (Lipinski definition) is 2. The highest BCUT2D eigenvalue weighted by Gasteiger charge is 2.17. The monoisotopic (exact) mass is 331 g/mol. The summed E-state index contributed by atoms with van der Waals surface area (Å²) in [4.78, 5) is 24.2. The second kappa shape index (κ2) is 6.45. The Morgan fingerprint density at radius 2 is 1.75 bits per heavy atom. The average Bonchev–Trinajstić information content (AvgIpc) is 2.57. The minimum atomic E-state index is -3.02.